The summed E-state index contributed by atoms with van der Waals surface area (Å²) in [5, 5.41) is 0.877. The van der Waals surface area contributed by atoms with Crippen molar-refractivity contribution in [2.24, 2.45) is 0 Å². The van der Waals surface area contributed by atoms with E-state index in [4.69, 9.17) is 9.47 Å². The zero-order valence-electron chi connectivity index (χ0n) is 20.9. The molecule has 9 heteroatoms. The highest BCUT2D eigenvalue weighted by Gasteiger charge is 2.20. The topological polar surface area (TPSA) is 83.6 Å². The number of likely N-dealkylation sites (N-methyl/N-ethyl adjacent to an activating group) is 2. The zero-order chi connectivity index (χ0) is 25.8. The number of carbonyl (C=O) groups is 1. The molecule has 0 aliphatic rings. The molecule has 1 N–H and O–H groups in total. The summed E-state index contributed by atoms with van der Waals surface area (Å²) in [4.78, 5) is 27.8. The number of H-pyrrole nitrogens is 1. The smallest absolute Gasteiger partial charge is 0.250 e. The number of carbonyl (C=O) groups excluding carboxylic acids is 1. The van der Waals surface area contributed by atoms with Gasteiger partial charge < -0.3 is 24.3 Å². The van der Waals surface area contributed by atoms with Crippen molar-refractivity contribution in [2.45, 2.75) is 0 Å². The van der Waals surface area contributed by atoms with Gasteiger partial charge in [-0.15, -0.1) is 0 Å². The highest BCUT2D eigenvalue weighted by molar-refractivity contribution is 6.02. The number of benzene rings is 1. The van der Waals surface area contributed by atoms with Gasteiger partial charge in [-0.05, 0) is 49.5 Å². The van der Waals surface area contributed by atoms with Crippen molar-refractivity contribution < 1.29 is 18.7 Å². The molecule has 0 unspecified atom stereocenters. The van der Waals surface area contributed by atoms with Gasteiger partial charge in [-0.2, -0.15) is 0 Å². The Balaban J connectivity index is 1.76. The number of aromatic amines is 1. The number of methoxy groups -OCH3 is 2. The van der Waals surface area contributed by atoms with Crippen LogP contribution in [-0.2, 0) is 4.79 Å². The van der Waals surface area contributed by atoms with E-state index in [0.717, 1.165) is 22.1 Å². The van der Waals surface area contributed by atoms with E-state index in [0.29, 0.717) is 23.6 Å². The third kappa shape index (κ3) is 5.06. The van der Waals surface area contributed by atoms with Crippen LogP contribution in [0.1, 0.15) is 0 Å². The maximum Gasteiger partial charge on any atom is 0.250 e. The van der Waals surface area contributed by atoms with Crippen molar-refractivity contribution in [3.8, 4) is 33.9 Å². The number of amides is 1. The lowest BCUT2D eigenvalue weighted by atomic mass is 10.0. The molecule has 0 spiro atoms. The third-order valence-corrected chi connectivity index (χ3v) is 5.78. The first kappa shape index (κ1) is 24.9. The number of hydrogen-bond donors (Lipinski definition) is 1. The second-order valence-corrected chi connectivity index (χ2v) is 8.48. The largest absolute Gasteiger partial charge is 0.494 e. The van der Waals surface area contributed by atoms with Gasteiger partial charge >= 0.3 is 0 Å². The Morgan fingerprint density at radius 2 is 1.86 bits per heavy atom. The first-order valence-corrected chi connectivity index (χ1v) is 11.3. The van der Waals surface area contributed by atoms with Crippen LogP contribution < -0.4 is 14.4 Å². The van der Waals surface area contributed by atoms with Gasteiger partial charge in [-0.1, -0.05) is 6.08 Å². The van der Waals surface area contributed by atoms with Gasteiger partial charge in [0.1, 0.15) is 5.65 Å². The number of halogens is 1. The fraction of sp³-hybridized carbons (Fsp3) is 0.222. The molecule has 36 heavy (non-hydrogen) atoms. The molecule has 0 saturated heterocycles. The van der Waals surface area contributed by atoms with Crippen molar-refractivity contribution in [3.05, 3.63) is 66.9 Å². The van der Waals surface area contributed by atoms with Crippen LogP contribution in [-0.4, -0.2) is 67.7 Å². The monoisotopic (exact) mass is 489 g/mol. The lowest BCUT2D eigenvalue weighted by Crippen LogP contribution is -2.25. The van der Waals surface area contributed by atoms with E-state index in [1.54, 1.807) is 37.7 Å². The predicted octanol–water partition coefficient (Wildman–Crippen LogP) is 4.53. The number of nitrogens with one attached hydrogen (secondary N) is 1. The van der Waals surface area contributed by atoms with Gasteiger partial charge in [0.2, 0.25) is 5.88 Å². The van der Waals surface area contributed by atoms with Crippen molar-refractivity contribution in [1.29, 1.82) is 0 Å². The van der Waals surface area contributed by atoms with Gasteiger partial charge in [-0.3, -0.25) is 4.79 Å². The standard InChI is InChI=1S/C27H28FN5O3/c1-32(2)10-6-7-25(34)33(3)22-12-18(13-23(35-4)26(22)28)19-11-20-21(16-31-27(20)30-15-19)17-8-9-29-24(14-17)36-5/h6-9,11-16H,10H2,1-5H3,(H,30,31)/b7-6+. The summed E-state index contributed by atoms with van der Waals surface area (Å²) < 4.78 is 25.8. The van der Waals surface area contributed by atoms with Crippen molar-refractivity contribution in [2.75, 3.05) is 46.8 Å². The fourth-order valence-corrected chi connectivity index (χ4v) is 3.83. The molecule has 1 amide bonds. The number of rotatable bonds is 8. The van der Waals surface area contributed by atoms with Gasteiger partial charge in [0, 0.05) is 60.8 Å². The predicted molar refractivity (Wildman–Crippen MR) is 139 cm³/mol. The van der Waals surface area contributed by atoms with Gasteiger partial charge in [0.15, 0.2) is 11.6 Å². The van der Waals surface area contributed by atoms with Crippen molar-refractivity contribution >= 4 is 22.6 Å². The Morgan fingerprint density at radius 1 is 1.06 bits per heavy atom. The number of ether oxygens (including phenoxy) is 2. The van der Waals surface area contributed by atoms with Gasteiger partial charge in [-0.25, -0.2) is 14.4 Å². The first-order valence-electron chi connectivity index (χ1n) is 11.3. The Bertz CT molecular complexity index is 1430. The van der Waals surface area contributed by atoms with Crippen LogP contribution in [0.3, 0.4) is 0 Å². The lowest BCUT2D eigenvalue weighted by molar-refractivity contribution is -0.113. The summed E-state index contributed by atoms with van der Waals surface area (Å²) in [5.74, 6) is -0.416. The van der Waals surface area contributed by atoms with Crippen LogP contribution >= 0.6 is 0 Å². The number of nitrogens with zero attached hydrogens (tertiary/aromatic N) is 4. The van der Waals surface area contributed by atoms with Crippen LogP contribution in [0.25, 0.3) is 33.3 Å². The average molecular weight is 490 g/mol. The lowest BCUT2D eigenvalue weighted by Gasteiger charge is -2.19. The molecule has 4 rings (SSSR count). The maximum absolute atomic E-state index is 15.2. The zero-order valence-corrected chi connectivity index (χ0v) is 20.9. The first-order chi connectivity index (χ1) is 17.3. The van der Waals surface area contributed by atoms with E-state index in [1.165, 1.54) is 25.1 Å². The summed E-state index contributed by atoms with van der Waals surface area (Å²) in [6, 6.07) is 8.93. The Hall–Kier alpha value is -4.24. The Morgan fingerprint density at radius 3 is 2.58 bits per heavy atom. The molecular formula is C27H28FN5O3. The molecule has 186 valence electrons. The quantitative estimate of drug-likeness (QED) is 0.366. The summed E-state index contributed by atoms with van der Waals surface area (Å²) in [5.41, 5.74) is 4.06. The molecule has 3 aromatic heterocycles. The molecule has 0 fully saturated rings. The molecule has 0 saturated carbocycles. The number of fused-ring (bicyclic) bond motifs is 1. The van der Waals surface area contributed by atoms with Crippen LogP contribution in [0, 0.1) is 5.82 Å². The number of pyridine rings is 2. The molecular weight excluding hydrogens is 461 g/mol. The molecule has 1 aromatic carbocycles. The van der Waals surface area contributed by atoms with Crippen molar-refractivity contribution in [3.63, 3.8) is 0 Å². The van der Waals surface area contributed by atoms with Gasteiger partial charge in [0.05, 0.1) is 19.9 Å². The highest BCUT2D eigenvalue weighted by Crippen LogP contribution is 2.36. The van der Waals surface area contributed by atoms with E-state index in [-0.39, 0.29) is 17.3 Å². The van der Waals surface area contributed by atoms with Crippen molar-refractivity contribution in [1.82, 2.24) is 19.9 Å². The SMILES string of the molecule is COc1cc(-c2c[nH]c3ncc(-c4cc(OC)c(F)c(N(C)C(=O)/C=C/CN(C)C)c4)cc23)ccn1. The van der Waals surface area contributed by atoms with E-state index in [2.05, 4.69) is 15.0 Å². The minimum atomic E-state index is -0.613. The molecule has 0 aliphatic heterocycles. The molecule has 0 bridgehead atoms. The van der Waals surface area contributed by atoms with Crippen LogP contribution in [0.2, 0.25) is 0 Å². The molecule has 4 aromatic rings. The van der Waals surface area contributed by atoms with Crippen LogP contribution in [0.15, 0.2) is 61.1 Å². The van der Waals surface area contributed by atoms with E-state index < -0.39 is 5.82 Å². The second kappa shape index (κ2) is 10.6. The number of anilines is 1. The number of hydrogen-bond acceptors (Lipinski definition) is 6. The van der Waals surface area contributed by atoms with Gasteiger partial charge in [0.25, 0.3) is 5.91 Å². The number of aromatic nitrogens is 3. The third-order valence-electron chi connectivity index (χ3n) is 5.78. The molecule has 8 nitrogen and oxygen atoms in total. The Kier molecular flexibility index (Phi) is 7.30. The average Bonchev–Trinajstić information content (AvgIpc) is 3.31. The minimum absolute atomic E-state index is 0.0349. The molecule has 0 aliphatic carbocycles. The highest BCUT2D eigenvalue weighted by atomic mass is 19.1. The van der Waals surface area contributed by atoms with Crippen LogP contribution in [0.5, 0.6) is 11.6 Å². The minimum Gasteiger partial charge on any atom is -0.494 e. The molecule has 0 atom stereocenters. The molecule has 0 radical (unpaired) electrons. The summed E-state index contributed by atoms with van der Waals surface area (Å²) in [6.07, 6.45) is 8.42. The van der Waals surface area contributed by atoms with Crippen LogP contribution in [0.4, 0.5) is 10.1 Å². The normalized spacial score (nSPS) is 11.4. The van der Waals surface area contributed by atoms with E-state index in [9.17, 15) is 4.79 Å². The Labute approximate surface area is 209 Å². The summed E-state index contributed by atoms with van der Waals surface area (Å²) >= 11 is 0. The van der Waals surface area contributed by atoms with E-state index >= 15 is 4.39 Å². The second-order valence-electron chi connectivity index (χ2n) is 8.48. The summed E-state index contributed by atoms with van der Waals surface area (Å²) in [6.45, 7) is 0.597. The molecule has 3 heterocycles. The van der Waals surface area contributed by atoms with E-state index in [1.807, 2.05) is 43.4 Å². The fourth-order valence-electron chi connectivity index (χ4n) is 3.83. The summed E-state index contributed by atoms with van der Waals surface area (Å²) in [7, 11) is 8.30. The maximum atomic E-state index is 15.2.